The fourth-order valence-corrected chi connectivity index (χ4v) is 2.77. The van der Waals surface area contributed by atoms with Gasteiger partial charge < -0.3 is 0 Å². The van der Waals surface area contributed by atoms with Crippen LogP contribution in [0.5, 0.6) is 0 Å². The van der Waals surface area contributed by atoms with Crippen LogP contribution in [0.1, 0.15) is 22.3 Å². The third-order valence-corrected chi connectivity index (χ3v) is 3.77. The van der Waals surface area contributed by atoms with Crippen LogP contribution in [0.3, 0.4) is 0 Å². The molecule has 0 heterocycles. The predicted octanol–water partition coefficient (Wildman–Crippen LogP) is 3.76. The van der Waals surface area contributed by atoms with Crippen molar-refractivity contribution in [3.05, 3.63) is 58.2 Å². The molecule has 4 nitrogen and oxygen atoms in total. The lowest BCUT2D eigenvalue weighted by Crippen LogP contribution is -2.00. The number of fused-ring (bicyclic) bond motifs is 2. The molecule has 3 rings (SSSR count). The molecule has 0 N–H and O–H groups in total. The van der Waals surface area contributed by atoms with E-state index >= 15 is 0 Å². The number of benzene rings is 3. The molecule has 6 heteroatoms. The first-order valence-corrected chi connectivity index (χ1v) is 6.59. The average Bonchev–Trinajstić information content (AvgIpc) is 2.59. The first kappa shape index (κ1) is 14.9. The summed E-state index contributed by atoms with van der Waals surface area (Å²) >= 11 is 0. The molecule has 0 spiro atoms. The van der Waals surface area contributed by atoms with Crippen LogP contribution in [-0.4, -0.2) is 0 Å². The second-order valence-corrected chi connectivity index (χ2v) is 4.90. The van der Waals surface area contributed by atoms with Crippen molar-refractivity contribution in [3.8, 4) is 24.3 Å². The Morgan fingerprint density at radius 2 is 1.29 bits per heavy atom. The van der Waals surface area contributed by atoms with Crippen LogP contribution >= 0.6 is 0 Å². The van der Waals surface area contributed by atoms with Crippen LogP contribution in [0.4, 0.5) is 8.78 Å². The number of rotatable bonds is 0. The largest absolute Gasteiger partial charge is 0.206 e. The average molecular weight is 314 g/mol. The second kappa shape index (κ2) is 5.33. The zero-order valence-electron chi connectivity index (χ0n) is 11.9. The molecule has 24 heavy (non-hydrogen) atoms. The Morgan fingerprint density at radius 3 is 1.88 bits per heavy atom. The second-order valence-electron chi connectivity index (χ2n) is 4.90. The van der Waals surface area contributed by atoms with Gasteiger partial charge in [-0.1, -0.05) is 12.1 Å². The van der Waals surface area contributed by atoms with Gasteiger partial charge in [0.15, 0.2) is 0 Å². The third kappa shape index (κ3) is 1.78. The smallest absolute Gasteiger partial charge is 0.143 e. The van der Waals surface area contributed by atoms with Crippen LogP contribution in [0.15, 0.2) is 24.3 Å². The highest BCUT2D eigenvalue weighted by atomic mass is 19.1. The van der Waals surface area contributed by atoms with E-state index in [9.17, 15) is 29.8 Å². The maximum atomic E-state index is 14.9. The highest BCUT2D eigenvalue weighted by Gasteiger charge is 2.24. The van der Waals surface area contributed by atoms with Crippen molar-refractivity contribution in [2.75, 3.05) is 0 Å². The van der Waals surface area contributed by atoms with Crippen LogP contribution in [0.25, 0.3) is 21.5 Å². The van der Waals surface area contributed by atoms with E-state index in [1.807, 2.05) is 0 Å². The molecule has 0 aliphatic rings. The molecule has 0 aliphatic carbocycles. The van der Waals surface area contributed by atoms with Crippen molar-refractivity contribution in [2.45, 2.75) is 0 Å². The molecule has 110 valence electrons. The lowest BCUT2D eigenvalue weighted by Gasteiger charge is -2.11. The van der Waals surface area contributed by atoms with Gasteiger partial charge in [-0.25, -0.2) is 8.78 Å². The first-order chi connectivity index (χ1) is 11.6. The van der Waals surface area contributed by atoms with E-state index < -0.39 is 17.2 Å². The van der Waals surface area contributed by atoms with Gasteiger partial charge in [-0.3, -0.25) is 0 Å². The van der Waals surface area contributed by atoms with Gasteiger partial charge >= 0.3 is 0 Å². The lowest BCUT2D eigenvalue weighted by molar-refractivity contribution is 0.614. The number of nitriles is 4. The van der Waals surface area contributed by atoms with Crippen molar-refractivity contribution in [1.82, 2.24) is 0 Å². The molecule has 0 amide bonds. The zero-order chi connectivity index (χ0) is 17.4. The summed E-state index contributed by atoms with van der Waals surface area (Å²) in [7, 11) is 0. The SMILES string of the molecule is N#Cc1c(C#N)c(C#N)c2c(F)c3c(F)cccc3cc2c1C#N. The molecule has 0 saturated carbocycles. The lowest BCUT2D eigenvalue weighted by atomic mass is 9.88. The van der Waals surface area contributed by atoms with E-state index in [0.29, 0.717) is 0 Å². The minimum absolute atomic E-state index is 0.000185. The summed E-state index contributed by atoms with van der Waals surface area (Å²) < 4.78 is 29.0. The standard InChI is InChI=1S/C18H4F2N4/c19-15-3-1-2-9-4-10-11(5-21)12(6-22)13(7-23)14(8-24)17(10)18(20)16(9)15/h1-4H. The number of halogens is 2. The van der Waals surface area contributed by atoms with E-state index in [-0.39, 0.29) is 38.2 Å². The molecule has 3 aromatic carbocycles. The Hall–Kier alpha value is -4.00. The van der Waals surface area contributed by atoms with Gasteiger partial charge in [0.05, 0.1) is 27.6 Å². The Morgan fingerprint density at radius 1 is 0.708 bits per heavy atom. The molecule has 0 fully saturated rings. The minimum Gasteiger partial charge on any atom is -0.206 e. The normalized spacial score (nSPS) is 9.92. The highest BCUT2D eigenvalue weighted by Crippen LogP contribution is 2.36. The summed E-state index contributed by atoms with van der Waals surface area (Å²) in [6.07, 6.45) is 0. The fourth-order valence-electron chi connectivity index (χ4n) is 2.77. The van der Waals surface area contributed by atoms with Gasteiger partial charge in [0.25, 0.3) is 0 Å². The van der Waals surface area contributed by atoms with Crippen molar-refractivity contribution >= 4 is 21.5 Å². The fraction of sp³-hybridized carbons (Fsp3) is 0. The van der Waals surface area contributed by atoms with Gasteiger partial charge in [-0.15, -0.1) is 0 Å². The summed E-state index contributed by atoms with van der Waals surface area (Å²) in [6, 6.07) is 12.1. The third-order valence-electron chi connectivity index (χ3n) is 3.77. The minimum atomic E-state index is -1.03. The topological polar surface area (TPSA) is 95.2 Å². The first-order valence-electron chi connectivity index (χ1n) is 6.59. The molecular weight excluding hydrogens is 310 g/mol. The van der Waals surface area contributed by atoms with Gasteiger partial charge in [0.2, 0.25) is 0 Å². The molecule has 0 unspecified atom stereocenters. The number of nitrogens with zero attached hydrogens (tertiary/aromatic N) is 4. The molecule has 0 saturated heterocycles. The zero-order valence-corrected chi connectivity index (χ0v) is 11.9. The van der Waals surface area contributed by atoms with Gasteiger partial charge in [-0.05, 0) is 17.5 Å². The maximum Gasteiger partial charge on any atom is 0.143 e. The van der Waals surface area contributed by atoms with Crippen LogP contribution in [-0.2, 0) is 0 Å². The van der Waals surface area contributed by atoms with Gasteiger partial charge in [0, 0.05) is 10.8 Å². The van der Waals surface area contributed by atoms with Crippen molar-refractivity contribution in [2.24, 2.45) is 0 Å². The predicted molar refractivity (Wildman–Crippen MR) is 80.2 cm³/mol. The quantitative estimate of drug-likeness (QED) is 0.590. The Bertz CT molecular complexity index is 1220. The van der Waals surface area contributed by atoms with E-state index in [1.54, 1.807) is 24.3 Å². The monoisotopic (exact) mass is 314 g/mol. The molecule has 0 aliphatic heterocycles. The summed E-state index contributed by atoms with van der Waals surface area (Å²) in [6.45, 7) is 0. The molecule has 0 aromatic heterocycles. The van der Waals surface area contributed by atoms with Crippen LogP contribution in [0.2, 0.25) is 0 Å². The van der Waals surface area contributed by atoms with E-state index in [2.05, 4.69) is 0 Å². The molecule has 0 atom stereocenters. The summed E-state index contributed by atoms with van der Waals surface area (Å²) in [5.41, 5.74) is -1.28. The molecule has 0 bridgehead atoms. The van der Waals surface area contributed by atoms with Crippen LogP contribution < -0.4 is 0 Å². The van der Waals surface area contributed by atoms with Gasteiger partial charge in [-0.2, -0.15) is 21.0 Å². The number of hydrogen-bond acceptors (Lipinski definition) is 4. The van der Waals surface area contributed by atoms with E-state index in [4.69, 9.17) is 0 Å². The molecular formula is C18H4F2N4. The Labute approximate surface area is 134 Å². The molecule has 0 radical (unpaired) electrons. The van der Waals surface area contributed by atoms with Crippen molar-refractivity contribution in [1.29, 1.82) is 21.0 Å². The Balaban J connectivity index is 2.79. The van der Waals surface area contributed by atoms with Crippen LogP contribution in [0, 0.1) is 57.0 Å². The molecule has 3 aromatic rings. The Kier molecular flexibility index (Phi) is 3.31. The van der Waals surface area contributed by atoms with Crippen molar-refractivity contribution in [3.63, 3.8) is 0 Å². The number of hydrogen-bond donors (Lipinski definition) is 0. The van der Waals surface area contributed by atoms with Crippen molar-refractivity contribution < 1.29 is 8.78 Å². The van der Waals surface area contributed by atoms with Gasteiger partial charge in [0.1, 0.15) is 35.9 Å². The maximum absolute atomic E-state index is 14.9. The summed E-state index contributed by atoms with van der Waals surface area (Å²) in [5.74, 6) is -1.85. The summed E-state index contributed by atoms with van der Waals surface area (Å²) in [5, 5.41) is 36.7. The van der Waals surface area contributed by atoms with E-state index in [0.717, 1.165) is 6.07 Å². The summed E-state index contributed by atoms with van der Waals surface area (Å²) in [4.78, 5) is 0. The van der Waals surface area contributed by atoms with E-state index in [1.165, 1.54) is 18.2 Å². The highest BCUT2D eigenvalue weighted by molar-refractivity contribution is 6.05.